The average molecular weight is 333 g/mol. The maximum absolute atomic E-state index is 6.79. The molecule has 0 bridgehead atoms. The molecule has 0 amide bonds. The Morgan fingerprint density at radius 1 is 1.04 bits per heavy atom. The van der Waals surface area contributed by atoms with Crippen molar-refractivity contribution < 1.29 is 4.43 Å². The molecule has 3 N–H and O–H groups in total. The van der Waals surface area contributed by atoms with Crippen molar-refractivity contribution in [1.82, 2.24) is 4.98 Å². The Morgan fingerprint density at radius 2 is 1.65 bits per heavy atom. The second-order valence-electron chi connectivity index (χ2n) is 7.48. The molecule has 1 aromatic heterocycles. The van der Waals surface area contributed by atoms with Crippen LogP contribution in [0, 0.1) is 0 Å². The van der Waals surface area contributed by atoms with Gasteiger partial charge in [-0.05, 0) is 53.4 Å². The van der Waals surface area contributed by atoms with Gasteiger partial charge in [0.15, 0.2) is 0 Å². The summed E-state index contributed by atoms with van der Waals surface area (Å²) in [4.78, 5) is 3.33. The highest BCUT2D eigenvalue weighted by Gasteiger charge is 2.46. The van der Waals surface area contributed by atoms with E-state index < -0.39 is 8.32 Å². The van der Waals surface area contributed by atoms with Crippen molar-refractivity contribution in [2.75, 3.05) is 6.54 Å². The lowest BCUT2D eigenvalue weighted by Gasteiger charge is -2.42. The van der Waals surface area contributed by atoms with Gasteiger partial charge >= 0.3 is 0 Å². The topological polar surface area (TPSA) is 51.0 Å². The van der Waals surface area contributed by atoms with Gasteiger partial charge in [0.25, 0.3) is 8.32 Å². The Labute approximate surface area is 141 Å². The lowest BCUT2D eigenvalue weighted by Crippen LogP contribution is -2.50. The molecule has 0 saturated carbocycles. The number of hydrogen-bond acceptors (Lipinski definition) is 2. The fourth-order valence-electron chi connectivity index (χ4n) is 4.14. The van der Waals surface area contributed by atoms with Gasteiger partial charge in [-0.1, -0.05) is 41.5 Å². The van der Waals surface area contributed by atoms with Crippen molar-refractivity contribution in [2.24, 2.45) is 5.73 Å². The maximum atomic E-state index is 6.79. The highest BCUT2D eigenvalue weighted by Crippen LogP contribution is 2.43. The summed E-state index contributed by atoms with van der Waals surface area (Å²) in [5, 5.41) is 1.24. The van der Waals surface area contributed by atoms with Crippen LogP contribution in [0.5, 0.6) is 5.75 Å². The fourth-order valence-corrected chi connectivity index (χ4v) is 9.38. The smallest absolute Gasteiger partial charge is 0.258 e. The Morgan fingerprint density at radius 3 is 2.17 bits per heavy atom. The Balaban J connectivity index is 2.44. The second kappa shape index (κ2) is 7.10. The second-order valence-corrected chi connectivity index (χ2v) is 12.9. The molecule has 23 heavy (non-hydrogen) atoms. The van der Waals surface area contributed by atoms with E-state index in [2.05, 4.69) is 70.9 Å². The predicted molar refractivity (Wildman–Crippen MR) is 103 cm³/mol. The van der Waals surface area contributed by atoms with Gasteiger partial charge in [0.05, 0.1) is 0 Å². The van der Waals surface area contributed by atoms with Crippen molar-refractivity contribution in [3.63, 3.8) is 0 Å². The van der Waals surface area contributed by atoms with Crippen molar-refractivity contribution in [2.45, 2.75) is 64.6 Å². The first-order valence-corrected chi connectivity index (χ1v) is 11.0. The molecule has 2 aromatic rings. The van der Waals surface area contributed by atoms with E-state index in [4.69, 9.17) is 10.2 Å². The number of H-pyrrole nitrogens is 1. The number of nitrogens with two attached hydrogens (primary N) is 1. The molecule has 3 nitrogen and oxygen atoms in total. The highest BCUT2D eigenvalue weighted by molar-refractivity contribution is 6.78. The molecular formula is C19H32N2OSi. The Bertz CT molecular complexity index is 624. The normalized spacial score (nSPS) is 12.8. The molecule has 4 heteroatoms. The number of aromatic amines is 1. The molecule has 0 radical (unpaired) electrons. The molecule has 0 aliphatic rings. The lowest BCUT2D eigenvalue weighted by atomic mass is 10.1. The summed E-state index contributed by atoms with van der Waals surface area (Å²) in [7, 11) is -1.91. The molecule has 1 aromatic carbocycles. The van der Waals surface area contributed by atoms with Crippen LogP contribution in [0.1, 0.15) is 47.1 Å². The Kier molecular flexibility index (Phi) is 5.58. The van der Waals surface area contributed by atoms with Gasteiger partial charge in [0.1, 0.15) is 5.75 Å². The van der Waals surface area contributed by atoms with Crippen LogP contribution in [0.15, 0.2) is 24.4 Å². The van der Waals surface area contributed by atoms with E-state index in [1.807, 2.05) is 0 Å². The number of aromatic nitrogens is 1. The monoisotopic (exact) mass is 332 g/mol. The molecule has 128 valence electrons. The van der Waals surface area contributed by atoms with Gasteiger partial charge < -0.3 is 15.1 Å². The van der Waals surface area contributed by atoms with Crippen molar-refractivity contribution in [1.29, 1.82) is 0 Å². The summed E-state index contributed by atoms with van der Waals surface area (Å²) >= 11 is 0. The van der Waals surface area contributed by atoms with E-state index in [0.29, 0.717) is 23.2 Å². The van der Waals surface area contributed by atoms with E-state index in [1.165, 1.54) is 10.9 Å². The first-order valence-electron chi connectivity index (χ1n) is 8.82. The van der Waals surface area contributed by atoms with Crippen LogP contribution in [0.2, 0.25) is 16.6 Å². The molecule has 0 aliphatic heterocycles. The van der Waals surface area contributed by atoms with E-state index in [1.54, 1.807) is 0 Å². The summed E-state index contributed by atoms with van der Waals surface area (Å²) < 4.78 is 6.79. The minimum absolute atomic E-state index is 0.577. The largest absolute Gasteiger partial charge is 0.543 e. The summed E-state index contributed by atoms with van der Waals surface area (Å²) in [5.41, 5.74) is 9.90. The molecule has 2 rings (SSSR count). The zero-order valence-electron chi connectivity index (χ0n) is 15.4. The third kappa shape index (κ3) is 3.33. The van der Waals surface area contributed by atoms with Crippen LogP contribution in [0.25, 0.3) is 10.9 Å². The zero-order chi connectivity index (χ0) is 17.2. The van der Waals surface area contributed by atoms with Crippen LogP contribution in [-0.2, 0) is 6.42 Å². The zero-order valence-corrected chi connectivity index (χ0v) is 16.4. The third-order valence-electron chi connectivity index (χ3n) is 5.15. The van der Waals surface area contributed by atoms with Crippen LogP contribution < -0.4 is 10.2 Å². The fraction of sp³-hybridized carbons (Fsp3) is 0.579. The number of nitrogens with one attached hydrogen (secondary N) is 1. The standard InChI is InChI=1S/C19H32N2OSi/c1-13(2)23(14(3)4,15(5)6)22-17-7-8-19-18(11-17)16(9-10-20)12-21-19/h7-8,11-15,21H,9-10,20H2,1-6H3. The number of rotatable bonds is 7. The third-order valence-corrected chi connectivity index (χ3v) is 11.2. The number of fused-ring (bicyclic) bond motifs is 1. The Hall–Kier alpha value is -1.26. The highest BCUT2D eigenvalue weighted by atomic mass is 28.4. The van der Waals surface area contributed by atoms with Crippen LogP contribution in [0.4, 0.5) is 0 Å². The molecule has 0 spiro atoms. The van der Waals surface area contributed by atoms with Gasteiger partial charge in [-0.15, -0.1) is 0 Å². The van der Waals surface area contributed by atoms with Gasteiger partial charge in [0.2, 0.25) is 0 Å². The maximum Gasteiger partial charge on any atom is 0.258 e. The van der Waals surface area contributed by atoms with Gasteiger partial charge in [-0.2, -0.15) is 0 Å². The van der Waals surface area contributed by atoms with Gasteiger partial charge in [-0.25, -0.2) is 0 Å². The molecule has 0 aliphatic carbocycles. The number of hydrogen-bond donors (Lipinski definition) is 2. The van der Waals surface area contributed by atoms with Gasteiger partial charge in [0, 0.05) is 17.1 Å². The number of benzene rings is 1. The SMILES string of the molecule is CC(C)[Si](Oc1ccc2[nH]cc(CCN)c2c1)(C(C)C)C(C)C. The lowest BCUT2D eigenvalue weighted by molar-refractivity contribution is 0.480. The summed E-state index contributed by atoms with van der Waals surface area (Å²) in [6, 6.07) is 6.44. The first kappa shape index (κ1) is 18.1. The molecule has 0 fully saturated rings. The summed E-state index contributed by atoms with van der Waals surface area (Å²) in [5.74, 6) is 1.01. The summed E-state index contributed by atoms with van der Waals surface area (Å²) in [6.45, 7) is 14.6. The predicted octanol–water partition coefficient (Wildman–Crippen LogP) is 5.22. The van der Waals surface area contributed by atoms with Crippen LogP contribution in [0.3, 0.4) is 0 Å². The molecule has 0 atom stereocenters. The summed E-state index contributed by atoms with van der Waals surface area (Å²) in [6.07, 6.45) is 2.96. The first-order chi connectivity index (χ1) is 10.8. The molecule has 0 saturated heterocycles. The van der Waals surface area contributed by atoms with Crippen LogP contribution in [-0.4, -0.2) is 19.8 Å². The van der Waals surface area contributed by atoms with Gasteiger partial charge in [-0.3, -0.25) is 0 Å². The van der Waals surface area contributed by atoms with E-state index in [-0.39, 0.29) is 0 Å². The molecule has 0 unspecified atom stereocenters. The molecule has 1 heterocycles. The van der Waals surface area contributed by atoms with E-state index >= 15 is 0 Å². The quantitative estimate of drug-likeness (QED) is 0.683. The van der Waals surface area contributed by atoms with Crippen molar-refractivity contribution >= 4 is 19.2 Å². The van der Waals surface area contributed by atoms with Crippen molar-refractivity contribution in [3.05, 3.63) is 30.0 Å². The van der Waals surface area contributed by atoms with Crippen LogP contribution >= 0.6 is 0 Å². The van der Waals surface area contributed by atoms with E-state index in [9.17, 15) is 0 Å². The van der Waals surface area contributed by atoms with E-state index in [0.717, 1.165) is 17.7 Å². The molecular weight excluding hydrogens is 300 g/mol. The minimum Gasteiger partial charge on any atom is -0.543 e. The van der Waals surface area contributed by atoms with Crippen molar-refractivity contribution in [3.8, 4) is 5.75 Å². The average Bonchev–Trinajstić information content (AvgIpc) is 2.86. The minimum atomic E-state index is -1.91.